The smallest absolute Gasteiger partial charge is 0.176 e. The maximum atomic E-state index is 10.3. The lowest BCUT2D eigenvalue weighted by Crippen LogP contribution is -2.33. The van der Waals surface area contributed by atoms with E-state index in [0.29, 0.717) is 37.2 Å². The number of ether oxygens (including phenoxy) is 2. The van der Waals surface area contributed by atoms with Crippen LogP contribution in [0.4, 0.5) is 0 Å². The van der Waals surface area contributed by atoms with Crippen molar-refractivity contribution in [2.24, 2.45) is 16.8 Å². The van der Waals surface area contributed by atoms with Gasteiger partial charge in [-0.25, -0.2) is 0 Å². The fourth-order valence-electron chi connectivity index (χ4n) is 5.68. The van der Waals surface area contributed by atoms with Crippen LogP contribution in [0.3, 0.4) is 0 Å². The average Bonchev–Trinajstić information content (AvgIpc) is 3.68. The first-order chi connectivity index (χ1) is 18.5. The van der Waals surface area contributed by atoms with E-state index in [1.165, 1.54) is 44.1 Å². The summed E-state index contributed by atoms with van der Waals surface area (Å²) in [6.07, 6.45) is 19.4. The molecule has 3 N–H and O–H groups in total. The van der Waals surface area contributed by atoms with E-state index >= 15 is 0 Å². The Labute approximate surface area is 229 Å². The summed E-state index contributed by atoms with van der Waals surface area (Å²) in [5, 5.41) is 23.4. The molecule has 1 saturated carbocycles. The molecule has 0 aromatic heterocycles. The van der Waals surface area contributed by atoms with Crippen LogP contribution in [0, 0.1) is 24.3 Å². The monoisotopic (exact) mass is 522 g/mol. The standard InChI is InChI=1S/C32H46N2O4/c1-3-4-9-28-13-14-29(38-28)12-10-24-11-15-31(36)32(18-24)37-17-16-27-19-26(21-34-27)30(22-33-20-23(2)35)25-7-5-6-8-25/h11,13-15,18-19,21,23,25,28,30,33,35-36H,3-10,12,16-17,20,22H2,1-2H3/t23-,28?,30+/m0/s1. The molecule has 4 rings (SSSR count). The van der Waals surface area contributed by atoms with Crippen LogP contribution in [-0.4, -0.2) is 48.3 Å². The molecule has 3 atom stereocenters. The van der Waals surface area contributed by atoms with Gasteiger partial charge in [0.2, 0.25) is 0 Å². The number of hydrogen-bond acceptors (Lipinski definition) is 6. The lowest BCUT2D eigenvalue weighted by atomic mass is 9.84. The van der Waals surface area contributed by atoms with Crippen LogP contribution in [0.25, 0.3) is 0 Å². The average molecular weight is 523 g/mol. The van der Waals surface area contributed by atoms with Crippen molar-refractivity contribution in [3.8, 4) is 11.5 Å². The van der Waals surface area contributed by atoms with Crippen LogP contribution in [0.2, 0.25) is 0 Å². The van der Waals surface area contributed by atoms with Crippen LogP contribution >= 0.6 is 0 Å². The Morgan fingerprint density at radius 2 is 2.08 bits per heavy atom. The second-order valence-corrected chi connectivity index (χ2v) is 11.1. The molecule has 2 aliphatic heterocycles. The first-order valence-electron chi connectivity index (χ1n) is 14.7. The molecule has 0 amide bonds. The normalized spacial score (nSPS) is 20.7. The van der Waals surface area contributed by atoms with Crippen molar-refractivity contribution in [1.29, 1.82) is 0 Å². The van der Waals surface area contributed by atoms with Gasteiger partial charge in [0.05, 0.1) is 24.5 Å². The fraction of sp³-hybridized carbons (Fsp3) is 0.594. The van der Waals surface area contributed by atoms with Gasteiger partial charge < -0.3 is 25.0 Å². The van der Waals surface area contributed by atoms with Gasteiger partial charge in [-0.2, -0.15) is 12.5 Å². The van der Waals surface area contributed by atoms with Crippen LogP contribution in [0.1, 0.15) is 77.2 Å². The van der Waals surface area contributed by atoms with Gasteiger partial charge >= 0.3 is 0 Å². The second-order valence-electron chi connectivity index (χ2n) is 11.1. The topological polar surface area (TPSA) is 83.3 Å². The van der Waals surface area contributed by atoms with Gasteiger partial charge in [-0.1, -0.05) is 50.9 Å². The molecule has 0 saturated heterocycles. The highest BCUT2D eigenvalue weighted by atomic mass is 16.5. The van der Waals surface area contributed by atoms with Crippen LogP contribution in [0.5, 0.6) is 11.5 Å². The summed E-state index contributed by atoms with van der Waals surface area (Å²) in [5.74, 6) is 2.83. The molecule has 208 valence electrons. The number of aryl methyl sites for hydroxylation is 1. The first-order valence-corrected chi connectivity index (χ1v) is 14.7. The number of aliphatic hydroxyl groups is 1. The quantitative estimate of drug-likeness (QED) is 0.229. The van der Waals surface area contributed by atoms with Crippen molar-refractivity contribution in [3.05, 3.63) is 59.7 Å². The highest BCUT2D eigenvalue weighted by Gasteiger charge is 2.35. The first kappa shape index (κ1) is 28.4. The Hall–Kier alpha value is -2.57. The maximum absolute atomic E-state index is 10.3. The zero-order valence-electron chi connectivity index (χ0n) is 23.2. The number of aromatic hydroxyl groups is 1. The van der Waals surface area contributed by atoms with Crippen molar-refractivity contribution < 1.29 is 19.7 Å². The Bertz CT molecular complexity index is 964. The fourth-order valence-corrected chi connectivity index (χ4v) is 5.68. The molecule has 1 aromatic carbocycles. The molecule has 1 aromatic rings. The molecule has 6 heteroatoms. The minimum atomic E-state index is -0.339. The zero-order chi connectivity index (χ0) is 26.7. The van der Waals surface area contributed by atoms with E-state index in [9.17, 15) is 10.2 Å². The van der Waals surface area contributed by atoms with Crippen LogP contribution in [-0.2, 0) is 11.2 Å². The van der Waals surface area contributed by atoms with Gasteiger partial charge in [0, 0.05) is 19.2 Å². The Kier molecular flexibility index (Phi) is 10.9. The second kappa shape index (κ2) is 14.5. The van der Waals surface area contributed by atoms with Gasteiger partial charge in [-0.15, -0.1) is 4.99 Å². The molecule has 2 heterocycles. The number of aliphatic imine (C=N–C) groups is 1. The van der Waals surface area contributed by atoms with Gasteiger partial charge in [-0.05, 0) is 56.2 Å². The molecule has 38 heavy (non-hydrogen) atoms. The molecule has 1 unspecified atom stereocenters. The van der Waals surface area contributed by atoms with E-state index in [1.807, 2.05) is 25.3 Å². The minimum Gasteiger partial charge on any atom is -0.592 e. The van der Waals surface area contributed by atoms with E-state index in [0.717, 1.165) is 43.2 Å². The van der Waals surface area contributed by atoms with E-state index < -0.39 is 0 Å². The third-order valence-electron chi connectivity index (χ3n) is 7.86. The SMILES string of the molecule is CCCCC1[CH-]C=C(CCc2ccc(O)c(OCC[C+]3C=C([C@H](CNC[C@H](C)O)C4CCCC4)C=N3)c2)O1. The third kappa shape index (κ3) is 8.47. The molecule has 1 fully saturated rings. The predicted molar refractivity (Wildman–Crippen MR) is 153 cm³/mol. The van der Waals surface area contributed by atoms with Crippen molar-refractivity contribution >= 4 is 6.21 Å². The third-order valence-corrected chi connectivity index (χ3v) is 7.86. The van der Waals surface area contributed by atoms with Crippen molar-refractivity contribution in [2.45, 2.75) is 90.3 Å². The molecule has 0 bridgehead atoms. The number of rotatable bonds is 16. The number of hydrogen-bond donors (Lipinski definition) is 3. The summed E-state index contributed by atoms with van der Waals surface area (Å²) in [4.78, 5) is 4.68. The minimum absolute atomic E-state index is 0.166. The van der Waals surface area contributed by atoms with Crippen molar-refractivity contribution in [2.75, 3.05) is 19.7 Å². The molecule has 0 radical (unpaired) electrons. The zero-order valence-corrected chi connectivity index (χ0v) is 23.2. The highest BCUT2D eigenvalue weighted by Crippen LogP contribution is 2.37. The number of nitrogens with one attached hydrogen (secondary N) is 1. The summed E-state index contributed by atoms with van der Waals surface area (Å²) >= 11 is 0. The summed E-state index contributed by atoms with van der Waals surface area (Å²) in [6.45, 7) is 5.97. The summed E-state index contributed by atoms with van der Waals surface area (Å²) < 4.78 is 12.0. The van der Waals surface area contributed by atoms with Gasteiger partial charge in [0.15, 0.2) is 23.8 Å². The van der Waals surface area contributed by atoms with E-state index in [1.54, 1.807) is 6.07 Å². The summed E-state index contributed by atoms with van der Waals surface area (Å²) in [5.41, 5.74) is 2.41. The van der Waals surface area contributed by atoms with E-state index in [-0.39, 0.29) is 18.0 Å². The number of benzene rings is 1. The number of nitrogens with zero attached hydrogens (tertiary/aromatic N) is 1. The Balaban J connectivity index is 1.24. The largest absolute Gasteiger partial charge is 0.592 e. The molecule has 6 nitrogen and oxygen atoms in total. The molecule has 0 spiro atoms. The number of allylic oxidation sites excluding steroid dienone is 1. The lowest BCUT2D eigenvalue weighted by Gasteiger charge is -2.20. The summed E-state index contributed by atoms with van der Waals surface area (Å²) in [7, 11) is 0. The van der Waals surface area contributed by atoms with Gasteiger partial charge in [-0.3, -0.25) is 0 Å². The van der Waals surface area contributed by atoms with E-state index in [4.69, 9.17) is 9.47 Å². The number of aliphatic hydroxyl groups excluding tert-OH is 1. The predicted octanol–water partition coefficient (Wildman–Crippen LogP) is 6.09. The Morgan fingerprint density at radius 1 is 1.24 bits per heavy atom. The number of phenolic OH excluding ortho intramolecular Hbond substituents is 1. The number of unbranched alkanes of at least 4 members (excludes halogenated alkanes) is 1. The molecule has 3 aliphatic rings. The van der Waals surface area contributed by atoms with Gasteiger partial charge in [0.1, 0.15) is 12.2 Å². The van der Waals surface area contributed by atoms with Crippen LogP contribution < -0.4 is 10.1 Å². The molecular weight excluding hydrogens is 476 g/mol. The maximum Gasteiger partial charge on any atom is 0.176 e. The molecular formula is C32H46N2O4. The van der Waals surface area contributed by atoms with Crippen molar-refractivity contribution in [1.82, 2.24) is 5.32 Å². The Morgan fingerprint density at radius 3 is 2.87 bits per heavy atom. The summed E-state index contributed by atoms with van der Waals surface area (Å²) in [6, 6.07) is 6.64. The van der Waals surface area contributed by atoms with Crippen LogP contribution in [0.15, 0.2) is 46.7 Å². The molecule has 1 aliphatic carbocycles. The highest BCUT2D eigenvalue weighted by molar-refractivity contribution is 5.84. The van der Waals surface area contributed by atoms with Gasteiger partial charge in [0.25, 0.3) is 0 Å². The van der Waals surface area contributed by atoms with Crippen molar-refractivity contribution in [3.63, 3.8) is 0 Å². The number of phenols is 1. The lowest BCUT2D eigenvalue weighted by molar-refractivity contribution is 0.147. The van der Waals surface area contributed by atoms with E-state index in [2.05, 4.69) is 35.8 Å².